The summed E-state index contributed by atoms with van der Waals surface area (Å²) in [6.07, 6.45) is 0. The van der Waals surface area contributed by atoms with Crippen molar-refractivity contribution in [1.29, 1.82) is 5.26 Å². The van der Waals surface area contributed by atoms with Gasteiger partial charge in [-0.2, -0.15) is 5.26 Å². The summed E-state index contributed by atoms with van der Waals surface area (Å²) in [6, 6.07) is 9.53. The van der Waals surface area contributed by atoms with E-state index in [0.29, 0.717) is 18.2 Å². The van der Waals surface area contributed by atoms with E-state index in [0.717, 1.165) is 11.3 Å². The minimum Gasteiger partial charge on any atom is -0.494 e. The fourth-order valence-corrected chi connectivity index (χ4v) is 1.74. The first-order valence-electron chi connectivity index (χ1n) is 5.63. The van der Waals surface area contributed by atoms with Crippen molar-refractivity contribution in [3.63, 3.8) is 0 Å². The Labute approximate surface area is 105 Å². The molecule has 92 valence electrons. The lowest BCUT2D eigenvalue weighted by Gasteiger charge is -2.06. The molecule has 0 aliphatic carbocycles. The summed E-state index contributed by atoms with van der Waals surface area (Å²) in [6.45, 7) is 2.54. The molecule has 0 fully saturated rings. The van der Waals surface area contributed by atoms with Gasteiger partial charge >= 0.3 is 0 Å². The molecule has 5 heteroatoms. The van der Waals surface area contributed by atoms with Crippen LogP contribution in [0.3, 0.4) is 0 Å². The maximum Gasteiger partial charge on any atom is 0.183 e. The highest BCUT2D eigenvalue weighted by Crippen LogP contribution is 2.25. The third-order valence-corrected chi connectivity index (χ3v) is 2.65. The van der Waals surface area contributed by atoms with Crippen molar-refractivity contribution < 1.29 is 4.74 Å². The third-order valence-electron chi connectivity index (χ3n) is 2.65. The van der Waals surface area contributed by atoms with Gasteiger partial charge in [0.05, 0.1) is 6.61 Å². The largest absolute Gasteiger partial charge is 0.494 e. The van der Waals surface area contributed by atoms with Crippen LogP contribution in [0.25, 0.3) is 11.4 Å². The van der Waals surface area contributed by atoms with Crippen molar-refractivity contribution in [1.82, 2.24) is 9.55 Å². The Morgan fingerprint density at radius 1 is 1.50 bits per heavy atom. The Balaban J connectivity index is 2.49. The number of hydrogen-bond acceptors (Lipinski definition) is 4. The van der Waals surface area contributed by atoms with E-state index in [-0.39, 0.29) is 5.69 Å². The van der Waals surface area contributed by atoms with Crippen LogP contribution in [0.15, 0.2) is 24.3 Å². The molecule has 0 atom stereocenters. The van der Waals surface area contributed by atoms with Crippen molar-refractivity contribution in [2.45, 2.75) is 6.92 Å². The molecule has 18 heavy (non-hydrogen) atoms. The van der Waals surface area contributed by atoms with E-state index < -0.39 is 0 Å². The summed E-state index contributed by atoms with van der Waals surface area (Å²) >= 11 is 0. The first-order chi connectivity index (χ1) is 8.67. The molecule has 0 bridgehead atoms. The lowest BCUT2D eigenvalue weighted by Crippen LogP contribution is -1.99. The summed E-state index contributed by atoms with van der Waals surface area (Å²) in [7, 11) is 1.78. The summed E-state index contributed by atoms with van der Waals surface area (Å²) in [5.41, 5.74) is 6.91. The number of nitrogen functional groups attached to an aromatic ring is 1. The second kappa shape index (κ2) is 4.80. The summed E-state index contributed by atoms with van der Waals surface area (Å²) in [4.78, 5) is 4.22. The molecule has 0 aliphatic heterocycles. The third kappa shape index (κ3) is 2.00. The van der Waals surface area contributed by atoms with E-state index in [1.54, 1.807) is 11.6 Å². The van der Waals surface area contributed by atoms with Crippen LogP contribution in [0.4, 0.5) is 5.82 Å². The molecule has 1 aromatic carbocycles. The number of hydrogen-bond donors (Lipinski definition) is 1. The number of anilines is 1. The van der Waals surface area contributed by atoms with Crippen LogP contribution < -0.4 is 10.5 Å². The van der Waals surface area contributed by atoms with E-state index in [4.69, 9.17) is 15.7 Å². The van der Waals surface area contributed by atoms with Gasteiger partial charge in [-0.25, -0.2) is 4.98 Å². The van der Waals surface area contributed by atoms with Gasteiger partial charge in [0.1, 0.15) is 23.5 Å². The number of benzene rings is 1. The average Bonchev–Trinajstić information content (AvgIpc) is 2.67. The highest BCUT2D eigenvalue weighted by Gasteiger charge is 2.13. The van der Waals surface area contributed by atoms with Crippen molar-refractivity contribution in [3.05, 3.63) is 30.0 Å². The molecule has 0 saturated carbocycles. The lowest BCUT2D eigenvalue weighted by atomic mass is 10.2. The maximum absolute atomic E-state index is 8.91. The van der Waals surface area contributed by atoms with Crippen LogP contribution in [0, 0.1) is 11.3 Å². The highest BCUT2D eigenvalue weighted by molar-refractivity contribution is 5.63. The van der Waals surface area contributed by atoms with E-state index in [1.807, 2.05) is 37.3 Å². The van der Waals surface area contributed by atoms with Gasteiger partial charge in [-0.15, -0.1) is 0 Å². The number of rotatable bonds is 3. The average molecular weight is 242 g/mol. The van der Waals surface area contributed by atoms with Gasteiger partial charge in [-0.05, 0) is 19.1 Å². The Morgan fingerprint density at radius 2 is 2.28 bits per heavy atom. The summed E-state index contributed by atoms with van der Waals surface area (Å²) < 4.78 is 7.14. The van der Waals surface area contributed by atoms with Gasteiger partial charge in [0, 0.05) is 12.6 Å². The fourth-order valence-electron chi connectivity index (χ4n) is 1.74. The number of aromatic nitrogens is 2. The molecule has 1 heterocycles. The van der Waals surface area contributed by atoms with Crippen LogP contribution in [0.2, 0.25) is 0 Å². The Morgan fingerprint density at radius 3 is 2.89 bits per heavy atom. The Kier molecular flexibility index (Phi) is 3.20. The lowest BCUT2D eigenvalue weighted by molar-refractivity contribution is 0.340. The number of nitrogens with two attached hydrogens (primary N) is 1. The van der Waals surface area contributed by atoms with E-state index >= 15 is 0 Å². The normalized spacial score (nSPS) is 10.1. The standard InChI is InChI=1S/C13H14N4O/c1-3-18-10-6-4-5-9(7-10)13-16-11(8-14)12(15)17(13)2/h4-7H,3,15H2,1-2H3. The van der Waals surface area contributed by atoms with Crippen LogP contribution in [-0.4, -0.2) is 16.2 Å². The number of imidazole rings is 1. The predicted molar refractivity (Wildman–Crippen MR) is 68.9 cm³/mol. The Hall–Kier alpha value is -2.48. The van der Waals surface area contributed by atoms with Crippen LogP contribution in [0.1, 0.15) is 12.6 Å². The smallest absolute Gasteiger partial charge is 0.183 e. The van der Waals surface area contributed by atoms with Crippen molar-refractivity contribution >= 4 is 5.82 Å². The molecule has 0 saturated heterocycles. The number of ether oxygens (including phenoxy) is 1. The molecular formula is C13H14N4O. The summed E-state index contributed by atoms with van der Waals surface area (Å²) in [5.74, 6) is 1.80. The van der Waals surface area contributed by atoms with Crippen LogP contribution in [0.5, 0.6) is 5.75 Å². The summed E-state index contributed by atoms with van der Waals surface area (Å²) in [5, 5.41) is 8.91. The molecule has 0 radical (unpaired) electrons. The van der Waals surface area contributed by atoms with Gasteiger partial charge in [-0.1, -0.05) is 12.1 Å². The zero-order valence-corrected chi connectivity index (χ0v) is 10.3. The van der Waals surface area contributed by atoms with Gasteiger partial charge in [0.15, 0.2) is 5.69 Å². The van der Waals surface area contributed by atoms with Crippen molar-refractivity contribution in [2.24, 2.45) is 7.05 Å². The van der Waals surface area contributed by atoms with Gasteiger partial charge in [-0.3, -0.25) is 0 Å². The van der Waals surface area contributed by atoms with Crippen LogP contribution in [-0.2, 0) is 7.05 Å². The molecule has 0 spiro atoms. The Bertz CT molecular complexity index is 610. The first-order valence-corrected chi connectivity index (χ1v) is 5.63. The molecule has 2 rings (SSSR count). The second-order valence-electron chi connectivity index (χ2n) is 3.80. The minimum atomic E-state index is 0.245. The van der Waals surface area contributed by atoms with E-state index in [1.165, 1.54) is 0 Å². The molecule has 2 aromatic rings. The SMILES string of the molecule is CCOc1cccc(-c2nc(C#N)c(N)n2C)c1. The van der Waals surface area contributed by atoms with Crippen LogP contribution >= 0.6 is 0 Å². The number of nitriles is 1. The minimum absolute atomic E-state index is 0.245. The maximum atomic E-state index is 8.91. The predicted octanol–water partition coefficient (Wildman–Crippen LogP) is 1.94. The molecule has 0 unspecified atom stereocenters. The molecule has 0 amide bonds. The van der Waals surface area contributed by atoms with Gasteiger partial charge in [0.25, 0.3) is 0 Å². The molecule has 2 N–H and O–H groups in total. The highest BCUT2D eigenvalue weighted by atomic mass is 16.5. The fraction of sp³-hybridized carbons (Fsp3) is 0.231. The zero-order chi connectivity index (χ0) is 13.1. The zero-order valence-electron chi connectivity index (χ0n) is 10.3. The molecule has 5 nitrogen and oxygen atoms in total. The molecule has 0 aliphatic rings. The first kappa shape index (κ1) is 12.0. The van der Waals surface area contributed by atoms with Crippen molar-refractivity contribution in [2.75, 3.05) is 12.3 Å². The monoisotopic (exact) mass is 242 g/mol. The molecular weight excluding hydrogens is 228 g/mol. The van der Waals surface area contributed by atoms with E-state index in [9.17, 15) is 0 Å². The number of nitrogens with zero attached hydrogens (tertiary/aromatic N) is 3. The van der Waals surface area contributed by atoms with Gasteiger partial charge < -0.3 is 15.0 Å². The quantitative estimate of drug-likeness (QED) is 0.892. The van der Waals surface area contributed by atoms with Gasteiger partial charge in [0.2, 0.25) is 0 Å². The molecule has 1 aromatic heterocycles. The topological polar surface area (TPSA) is 76.9 Å². The van der Waals surface area contributed by atoms with E-state index in [2.05, 4.69) is 4.98 Å². The van der Waals surface area contributed by atoms with Crippen molar-refractivity contribution in [3.8, 4) is 23.2 Å². The second-order valence-corrected chi connectivity index (χ2v) is 3.80.